The van der Waals surface area contributed by atoms with E-state index in [9.17, 15) is 9.90 Å². The fraction of sp³-hybridized carbons (Fsp3) is 0.458. The topological polar surface area (TPSA) is 43.8 Å². The van der Waals surface area contributed by atoms with Gasteiger partial charge in [-0.2, -0.15) is 0 Å². The van der Waals surface area contributed by atoms with Crippen LogP contribution >= 0.6 is 23.2 Å². The van der Waals surface area contributed by atoms with Crippen molar-refractivity contribution in [2.75, 3.05) is 31.1 Å². The second kappa shape index (κ2) is 8.78. The maximum absolute atomic E-state index is 11.2. The third kappa shape index (κ3) is 4.18. The largest absolute Gasteiger partial charge is 0.481 e. The minimum Gasteiger partial charge on any atom is -0.481 e. The molecule has 2 saturated heterocycles. The minimum atomic E-state index is -0.657. The predicted molar refractivity (Wildman–Crippen MR) is 123 cm³/mol. The Bertz CT molecular complexity index is 915. The molecule has 0 radical (unpaired) electrons. The highest BCUT2D eigenvalue weighted by Crippen LogP contribution is 2.40. The number of carboxylic acids is 1. The van der Waals surface area contributed by atoms with Gasteiger partial charge in [0.15, 0.2) is 0 Å². The van der Waals surface area contributed by atoms with Crippen LogP contribution in [0, 0.1) is 12.8 Å². The van der Waals surface area contributed by atoms with Crippen molar-refractivity contribution in [2.24, 2.45) is 5.92 Å². The SMILES string of the molecule is Cc1cc(C2CN(c3c(Cl)cccc3Cl)C2)ccc1C(C)N1CCC(C(=O)O)CC1. The van der Waals surface area contributed by atoms with Crippen molar-refractivity contribution in [2.45, 2.75) is 38.6 Å². The van der Waals surface area contributed by atoms with Crippen LogP contribution in [-0.4, -0.2) is 42.2 Å². The van der Waals surface area contributed by atoms with Crippen LogP contribution < -0.4 is 4.90 Å². The van der Waals surface area contributed by atoms with Crippen molar-refractivity contribution < 1.29 is 9.90 Å². The fourth-order valence-corrected chi connectivity index (χ4v) is 5.45. The van der Waals surface area contributed by atoms with E-state index < -0.39 is 5.97 Å². The summed E-state index contributed by atoms with van der Waals surface area (Å²) in [6.45, 7) is 7.93. The first-order valence-corrected chi connectivity index (χ1v) is 11.4. The van der Waals surface area contributed by atoms with Gasteiger partial charge in [0.25, 0.3) is 0 Å². The van der Waals surface area contributed by atoms with Gasteiger partial charge in [0, 0.05) is 25.0 Å². The molecule has 4 nitrogen and oxygen atoms in total. The molecule has 0 amide bonds. The summed E-state index contributed by atoms with van der Waals surface area (Å²) in [6, 6.07) is 12.8. The summed E-state index contributed by atoms with van der Waals surface area (Å²) < 4.78 is 0. The van der Waals surface area contributed by atoms with E-state index >= 15 is 0 Å². The number of hydrogen-bond donors (Lipinski definition) is 1. The van der Waals surface area contributed by atoms with Crippen LogP contribution in [0.2, 0.25) is 10.0 Å². The van der Waals surface area contributed by atoms with Crippen LogP contribution in [0.4, 0.5) is 5.69 Å². The zero-order valence-electron chi connectivity index (χ0n) is 17.4. The molecule has 160 valence electrons. The van der Waals surface area contributed by atoms with Crippen molar-refractivity contribution in [3.8, 4) is 0 Å². The van der Waals surface area contributed by atoms with Crippen LogP contribution in [0.5, 0.6) is 0 Å². The quantitative estimate of drug-likeness (QED) is 0.633. The molecule has 2 aromatic rings. The number of para-hydroxylation sites is 1. The standard InChI is InChI=1S/C24H28Cl2N2O2/c1-15-12-18(19-13-28(14-19)23-21(25)4-3-5-22(23)26)6-7-20(15)16(2)27-10-8-17(9-11-27)24(29)30/h3-7,12,16-17,19H,8-11,13-14H2,1-2H3,(H,29,30). The number of rotatable bonds is 5. The van der Waals surface area contributed by atoms with Crippen LogP contribution in [0.3, 0.4) is 0 Å². The number of anilines is 1. The van der Waals surface area contributed by atoms with E-state index in [1.165, 1.54) is 16.7 Å². The molecule has 0 aliphatic carbocycles. The van der Waals surface area contributed by atoms with Crippen LogP contribution in [-0.2, 0) is 4.79 Å². The lowest BCUT2D eigenvalue weighted by atomic mass is 9.87. The molecular weight excluding hydrogens is 419 g/mol. The third-order valence-electron chi connectivity index (χ3n) is 6.78. The second-order valence-electron chi connectivity index (χ2n) is 8.61. The molecule has 2 aromatic carbocycles. The third-order valence-corrected chi connectivity index (χ3v) is 7.39. The first kappa shape index (κ1) is 21.5. The zero-order chi connectivity index (χ0) is 21.4. The van der Waals surface area contributed by atoms with Crippen molar-refractivity contribution in [3.05, 3.63) is 63.1 Å². The molecule has 1 unspecified atom stereocenters. The summed E-state index contributed by atoms with van der Waals surface area (Å²) in [6.07, 6.45) is 1.47. The Hall–Kier alpha value is -1.75. The van der Waals surface area contributed by atoms with E-state index in [2.05, 4.69) is 41.8 Å². The Morgan fingerprint density at radius 2 is 1.73 bits per heavy atom. The second-order valence-corrected chi connectivity index (χ2v) is 9.43. The maximum atomic E-state index is 11.2. The highest BCUT2D eigenvalue weighted by Gasteiger charge is 2.32. The number of carboxylic acid groups (broad SMARTS) is 1. The van der Waals surface area contributed by atoms with Gasteiger partial charge in [-0.25, -0.2) is 0 Å². The highest BCUT2D eigenvalue weighted by molar-refractivity contribution is 6.39. The van der Waals surface area contributed by atoms with Gasteiger partial charge in [0.05, 0.1) is 21.7 Å². The monoisotopic (exact) mass is 446 g/mol. The summed E-state index contributed by atoms with van der Waals surface area (Å²) in [7, 11) is 0. The minimum absolute atomic E-state index is 0.190. The molecule has 2 aliphatic rings. The molecule has 0 aromatic heterocycles. The molecule has 0 saturated carbocycles. The summed E-state index contributed by atoms with van der Waals surface area (Å²) in [5.41, 5.74) is 4.92. The number of piperidine rings is 1. The van der Waals surface area contributed by atoms with Crippen molar-refractivity contribution in [1.82, 2.24) is 4.90 Å². The molecule has 2 heterocycles. The summed E-state index contributed by atoms with van der Waals surface area (Å²) in [5.74, 6) is -0.368. The lowest BCUT2D eigenvalue weighted by molar-refractivity contribution is -0.143. The van der Waals surface area contributed by atoms with Crippen LogP contribution in [0.15, 0.2) is 36.4 Å². The summed E-state index contributed by atoms with van der Waals surface area (Å²) >= 11 is 12.7. The van der Waals surface area contributed by atoms with Gasteiger partial charge in [0.2, 0.25) is 0 Å². The van der Waals surface area contributed by atoms with Crippen molar-refractivity contribution in [1.29, 1.82) is 0 Å². The average Bonchev–Trinajstić information content (AvgIpc) is 2.69. The Labute approximate surface area is 188 Å². The van der Waals surface area contributed by atoms with E-state index in [1.807, 2.05) is 18.2 Å². The molecule has 0 spiro atoms. The molecule has 1 N–H and O–H groups in total. The van der Waals surface area contributed by atoms with E-state index in [0.717, 1.165) is 44.7 Å². The fourth-order valence-electron chi connectivity index (χ4n) is 4.82. The molecule has 2 fully saturated rings. The van der Waals surface area contributed by atoms with Gasteiger partial charge < -0.3 is 10.0 Å². The molecule has 1 atom stereocenters. The number of aryl methyl sites for hydroxylation is 1. The lowest BCUT2D eigenvalue weighted by Crippen LogP contribution is -2.45. The van der Waals surface area contributed by atoms with E-state index in [4.69, 9.17) is 23.2 Å². The maximum Gasteiger partial charge on any atom is 0.306 e. The van der Waals surface area contributed by atoms with Crippen molar-refractivity contribution >= 4 is 34.9 Å². The van der Waals surface area contributed by atoms with Crippen LogP contribution in [0.25, 0.3) is 0 Å². The number of halogens is 2. The van der Waals surface area contributed by atoms with Crippen LogP contribution in [0.1, 0.15) is 48.4 Å². The Kier molecular flexibility index (Phi) is 6.29. The van der Waals surface area contributed by atoms with Gasteiger partial charge in [-0.3, -0.25) is 9.69 Å². The van der Waals surface area contributed by atoms with E-state index in [0.29, 0.717) is 22.0 Å². The Balaban J connectivity index is 1.40. The van der Waals surface area contributed by atoms with Gasteiger partial charge in [0.1, 0.15) is 0 Å². The number of likely N-dealkylation sites (tertiary alicyclic amines) is 1. The smallest absolute Gasteiger partial charge is 0.306 e. The van der Waals surface area contributed by atoms with Gasteiger partial charge in [-0.15, -0.1) is 0 Å². The van der Waals surface area contributed by atoms with E-state index in [1.54, 1.807) is 0 Å². The number of carbonyl (C=O) groups is 1. The molecule has 30 heavy (non-hydrogen) atoms. The molecule has 0 bridgehead atoms. The predicted octanol–water partition coefficient (Wildman–Crippen LogP) is 5.76. The Morgan fingerprint density at radius 1 is 1.10 bits per heavy atom. The van der Waals surface area contributed by atoms with E-state index in [-0.39, 0.29) is 5.92 Å². The molecule has 2 aliphatic heterocycles. The number of nitrogens with zero attached hydrogens (tertiary/aromatic N) is 2. The van der Waals surface area contributed by atoms with Gasteiger partial charge in [-0.05, 0) is 68.6 Å². The number of benzene rings is 2. The Morgan fingerprint density at radius 3 is 2.30 bits per heavy atom. The first-order chi connectivity index (χ1) is 14.3. The average molecular weight is 447 g/mol. The number of hydrogen-bond acceptors (Lipinski definition) is 3. The molecule has 6 heteroatoms. The molecular formula is C24H28Cl2N2O2. The van der Waals surface area contributed by atoms with Gasteiger partial charge >= 0.3 is 5.97 Å². The van der Waals surface area contributed by atoms with Gasteiger partial charge in [-0.1, -0.05) is 47.5 Å². The van der Waals surface area contributed by atoms with Crippen molar-refractivity contribution in [3.63, 3.8) is 0 Å². The normalized spacial score (nSPS) is 19.5. The lowest BCUT2D eigenvalue weighted by Gasteiger charge is -2.42. The first-order valence-electron chi connectivity index (χ1n) is 10.6. The summed E-state index contributed by atoms with van der Waals surface area (Å²) in [5, 5.41) is 10.6. The zero-order valence-corrected chi connectivity index (χ0v) is 19.0. The molecule has 4 rings (SSSR count). The number of aliphatic carboxylic acids is 1. The highest BCUT2D eigenvalue weighted by atomic mass is 35.5. The summed E-state index contributed by atoms with van der Waals surface area (Å²) in [4.78, 5) is 15.9.